The number of alkyl halides is 3. The standard InChI is InChI=1S/C25H28F3N3O3/c1-4-31-20(16-30(3)15-17-9-7-6-8-10-17)21(23(32)34-5-2)22(29-24(31)33)18-11-13-19(14-12-18)25(26,27)28/h6-14,22H,4-5,15-16H2,1-3H3,(H,29,33)/t22-/m1/s1. The number of hydrogen-bond donors (Lipinski definition) is 1. The first kappa shape index (κ1) is 25.3. The number of halogens is 3. The highest BCUT2D eigenvalue weighted by atomic mass is 19.4. The van der Waals surface area contributed by atoms with Gasteiger partial charge in [0.05, 0.1) is 23.8 Å². The molecule has 0 unspecified atom stereocenters. The second kappa shape index (κ2) is 10.7. The van der Waals surface area contributed by atoms with Crippen LogP contribution in [0.4, 0.5) is 18.0 Å². The summed E-state index contributed by atoms with van der Waals surface area (Å²) in [7, 11) is 1.87. The van der Waals surface area contributed by atoms with E-state index in [4.69, 9.17) is 4.74 Å². The number of nitrogens with zero attached hydrogens (tertiary/aromatic N) is 2. The van der Waals surface area contributed by atoms with Crippen LogP contribution >= 0.6 is 0 Å². The molecule has 6 nitrogen and oxygen atoms in total. The Hall–Kier alpha value is -3.33. The third-order valence-corrected chi connectivity index (χ3v) is 5.54. The van der Waals surface area contributed by atoms with Gasteiger partial charge >= 0.3 is 18.2 Å². The number of ether oxygens (including phenoxy) is 1. The molecule has 1 heterocycles. The number of carbonyl (C=O) groups excluding carboxylic acids is 2. The van der Waals surface area contributed by atoms with E-state index in [0.29, 0.717) is 24.4 Å². The van der Waals surface area contributed by atoms with Crippen LogP contribution in [0.5, 0.6) is 0 Å². The summed E-state index contributed by atoms with van der Waals surface area (Å²) in [4.78, 5) is 29.4. The maximum Gasteiger partial charge on any atom is 0.416 e. The Kier molecular flexibility index (Phi) is 7.98. The summed E-state index contributed by atoms with van der Waals surface area (Å²) in [6, 6.07) is 12.8. The molecule has 182 valence electrons. The van der Waals surface area contributed by atoms with Crippen LogP contribution < -0.4 is 5.32 Å². The number of likely N-dealkylation sites (N-methyl/N-ethyl adjacent to an activating group) is 2. The monoisotopic (exact) mass is 475 g/mol. The molecule has 0 spiro atoms. The van der Waals surface area contributed by atoms with Crippen molar-refractivity contribution in [2.75, 3.05) is 26.7 Å². The fourth-order valence-corrected chi connectivity index (χ4v) is 3.98. The molecule has 2 aromatic rings. The van der Waals surface area contributed by atoms with Crippen LogP contribution in [0, 0.1) is 0 Å². The van der Waals surface area contributed by atoms with Gasteiger partial charge in [0, 0.05) is 25.3 Å². The smallest absolute Gasteiger partial charge is 0.416 e. The number of carbonyl (C=O) groups is 2. The first-order chi connectivity index (χ1) is 16.2. The minimum atomic E-state index is -4.49. The van der Waals surface area contributed by atoms with E-state index < -0.39 is 29.8 Å². The van der Waals surface area contributed by atoms with E-state index >= 15 is 0 Å². The van der Waals surface area contributed by atoms with Gasteiger partial charge in [-0.1, -0.05) is 42.5 Å². The van der Waals surface area contributed by atoms with E-state index in [-0.39, 0.29) is 18.7 Å². The molecule has 1 aliphatic heterocycles. The summed E-state index contributed by atoms with van der Waals surface area (Å²) in [5.41, 5.74) is 1.29. The van der Waals surface area contributed by atoms with Gasteiger partial charge in [-0.3, -0.25) is 9.80 Å². The van der Waals surface area contributed by atoms with Crippen molar-refractivity contribution in [3.8, 4) is 0 Å². The van der Waals surface area contributed by atoms with Crippen LogP contribution in [0.3, 0.4) is 0 Å². The van der Waals surface area contributed by atoms with Crippen LogP contribution in [0.15, 0.2) is 65.9 Å². The normalized spacial score (nSPS) is 16.6. The average Bonchev–Trinajstić information content (AvgIpc) is 2.79. The van der Waals surface area contributed by atoms with E-state index in [2.05, 4.69) is 5.32 Å². The highest BCUT2D eigenvalue weighted by Gasteiger charge is 2.38. The molecule has 0 saturated heterocycles. The molecule has 1 atom stereocenters. The van der Waals surface area contributed by atoms with E-state index in [1.807, 2.05) is 42.3 Å². The molecule has 0 fully saturated rings. The lowest BCUT2D eigenvalue weighted by Crippen LogP contribution is -2.50. The van der Waals surface area contributed by atoms with Gasteiger partial charge in [-0.15, -0.1) is 0 Å². The number of esters is 1. The van der Waals surface area contributed by atoms with E-state index in [0.717, 1.165) is 17.7 Å². The van der Waals surface area contributed by atoms with Crippen molar-refractivity contribution in [3.05, 3.63) is 82.6 Å². The second-order valence-electron chi connectivity index (χ2n) is 7.99. The molecular weight excluding hydrogens is 447 g/mol. The van der Waals surface area contributed by atoms with Gasteiger partial charge in [-0.05, 0) is 44.2 Å². The van der Waals surface area contributed by atoms with Crippen LogP contribution in [0.2, 0.25) is 0 Å². The van der Waals surface area contributed by atoms with Crippen molar-refractivity contribution in [1.82, 2.24) is 15.1 Å². The van der Waals surface area contributed by atoms with Gasteiger partial charge in [0.25, 0.3) is 0 Å². The Labute approximate surface area is 197 Å². The summed E-state index contributed by atoms with van der Waals surface area (Å²) in [5.74, 6) is -0.617. The molecule has 1 N–H and O–H groups in total. The van der Waals surface area contributed by atoms with Gasteiger partial charge in [-0.2, -0.15) is 13.2 Å². The lowest BCUT2D eigenvalue weighted by molar-refractivity contribution is -0.139. The van der Waals surface area contributed by atoms with Crippen molar-refractivity contribution < 1.29 is 27.5 Å². The molecule has 3 rings (SSSR count). The van der Waals surface area contributed by atoms with Gasteiger partial charge in [-0.25, -0.2) is 9.59 Å². The van der Waals surface area contributed by atoms with Crippen molar-refractivity contribution in [1.29, 1.82) is 0 Å². The van der Waals surface area contributed by atoms with Gasteiger partial charge in [0.1, 0.15) is 0 Å². The predicted octanol–water partition coefficient (Wildman–Crippen LogP) is 4.74. The van der Waals surface area contributed by atoms with E-state index in [1.54, 1.807) is 13.8 Å². The zero-order chi connectivity index (χ0) is 24.9. The Morgan fingerprint density at radius 3 is 2.26 bits per heavy atom. The fraction of sp³-hybridized carbons (Fsp3) is 0.360. The van der Waals surface area contributed by atoms with Crippen LogP contribution in [0.1, 0.15) is 36.6 Å². The molecule has 0 aliphatic carbocycles. The molecule has 0 radical (unpaired) electrons. The van der Waals surface area contributed by atoms with E-state index in [9.17, 15) is 22.8 Å². The molecule has 2 amide bonds. The Morgan fingerprint density at radius 2 is 1.71 bits per heavy atom. The summed E-state index contributed by atoms with van der Waals surface area (Å²) in [5, 5.41) is 2.76. The Morgan fingerprint density at radius 1 is 1.06 bits per heavy atom. The maximum absolute atomic E-state index is 13.1. The Bertz CT molecular complexity index is 1040. The van der Waals surface area contributed by atoms with Crippen molar-refractivity contribution in [2.24, 2.45) is 0 Å². The number of rotatable bonds is 8. The summed E-state index contributed by atoms with van der Waals surface area (Å²) < 4.78 is 44.4. The molecule has 2 aromatic carbocycles. The minimum absolute atomic E-state index is 0.120. The highest BCUT2D eigenvalue weighted by Crippen LogP contribution is 2.34. The highest BCUT2D eigenvalue weighted by molar-refractivity contribution is 5.95. The van der Waals surface area contributed by atoms with Crippen LogP contribution in [-0.2, 0) is 22.3 Å². The zero-order valence-corrected chi connectivity index (χ0v) is 19.4. The third kappa shape index (κ3) is 5.77. The summed E-state index contributed by atoms with van der Waals surface area (Å²) in [6.45, 7) is 4.73. The lowest BCUT2D eigenvalue weighted by atomic mass is 9.93. The largest absolute Gasteiger partial charge is 0.463 e. The minimum Gasteiger partial charge on any atom is -0.463 e. The first-order valence-corrected chi connectivity index (χ1v) is 11.0. The summed E-state index contributed by atoms with van der Waals surface area (Å²) >= 11 is 0. The quantitative estimate of drug-likeness (QED) is 0.561. The Balaban J connectivity index is 2.04. The van der Waals surface area contributed by atoms with Crippen molar-refractivity contribution >= 4 is 12.0 Å². The molecular formula is C25H28F3N3O3. The average molecular weight is 476 g/mol. The SMILES string of the molecule is CCOC(=O)C1=C(CN(C)Cc2ccccc2)N(CC)C(=O)N[C@@H]1c1ccc(C(F)(F)F)cc1. The number of amides is 2. The zero-order valence-electron chi connectivity index (χ0n) is 19.4. The molecule has 9 heteroatoms. The van der Waals surface area contributed by atoms with Crippen molar-refractivity contribution in [2.45, 2.75) is 32.6 Å². The van der Waals surface area contributed by atoms with E-state index in [1.165, 1.54) is 17.0 Å². The number of benzene rings is 2. The van der Waals surface area contributed by atoms with Gasteiger partial charge in [0.15, 0.2) is 0 Å². The first-order valence-electron chi connectivity index (χ1n) is 11.0. The van der Waals surface area contributed by atoms with Crippen molar-refractivity contribution in [3.63, 3.8) is 0 Å². The number of urea groups is 1. The summed E-state index contributed by atoms with van der Waals surface area (Å²) in [6.07, 6.45) is -4.49. The maximum atomic E-state index is 13.1. The van der Waals surface area contributed by atoms with Crippen LogP contribution in [0.25, 0.3) is 0 Å². The molecule has 1 aliphatic rings. The number of hydrogen-bond acceptors (Lipinski definition) is 4. The third-order valence-electron chi connectivity index (χ3n) is 5.54. The molecule has 0 aromatic heterocycles. The lowest BCUT2D eigenvalue weighted by Gasteiger charge is -2.37. The second-order valence-corrected chi connectivity index (χ2v) is 7.99. The predicted molar refractivity (Wildman–Crippen MR) is 122 cm³/mol. The molecule has 0 saturated carbocycles. The fourth-order valence-electron chi connectivity index (χ4n) is 3.98. The van der Waals surface area contributed by atoms with Crippen LogP contribution in [-0.4, -0.2) is 48.5 Å². The number of nitrogens with one attached hydrogen (secondary N) is 1. The van der Waals surface area contributed by atoms with Gasteiger partial charge < -0.3 is 10.1 Å². The molecule has 34 heavy (non-hydrogen) atoms. The van der Waals surface area contributed by atoms with Gasteiger partial charge in [0.2, 0.25) is 0 Å². The molecule has 0 bridgehead atoms. The topological polar surface area (TPSA) is 61.9 Å².